The molecule has 3 aromatic rings. The van der Waals surface area contributed by atoms with Crippen molar-refractivity contribution in [2.75, 3.05) is 33.8 Å². The molecule has 4 rings (SSSR count). The zero-order chi connectivity index (χ0) is 25.1. The standard InChI is InChI=1S/C27H29N3O4S/c1-5-34-20-13-11-18(12-14-20)22-21(24(32)27(33)30(22)16-15-29(3)4)23(31)25-17(2)28-26(35-25)19-9-7-6-8-10-19/h6-14,22,32H,5,15-16H2,1-4H3. The van der Waals surface area contributed by atoms with E-state index < -0.39 is 17.7 Å². The van der Waals surface area contributed by atoms with Crippen LogP contribution in [-0.4, -0.2) is 65.4 Å². The topological polar surface area (TPSA) is 83.0 Å². The molecule has 0 spiro atoms. The Bertz CT molecular complexity index is 1250. The Hall–Kier alpha value is -3.49. The predicted molar refractivity (Wildman–Crippen MR) is 137 cm³/mol. The third kappa shape index (κ3) is 4.99. The van der Waals surface area contributed by atoms with Crippen molar-refractivity contribution >= 4 is 23.0 Å². The first kappa shape index (κ1) is 24.6. The van der Waals surface area contributed by atoms with Crippen molar-refractivity contribution in [3.8, 4) is 16.3 Å². The van der Waals surface area contributed by atoms with E-state index >= 15 is 0 Å². The average Bonchev–Trinajstić information content (AvgIpc) is 3.36. The number of aromatic nitrogens is 1. The molecule has 0 aliphatic carbocycles. The lowest BCUT2D eigenvalue weighted by Crippen LogP contribution is -2.36. The van der Waals surface area contributed by atoms with Gasteiger partial charge < -0.3 is 19.6 Å². The van der Waals surface area contributed by atoms with E-state index in [0.29, 0.717) is 36.0 Å². The summed E-state index contributed by atoms with van der Waals surface area (Å²) in [5.41, 5.74) is 2.31. The van der Waals surface area contributed by atoms with Gasteiger partial charge in [0.1, 0.15) is 10.8 Å². The number of carbonyl (C=O) groups is 2. The van der Waals surface area contributed by atoms with Crippen molar-refractivity contribution in [2.24, 2.45) is 0 Å². The number of aliphatic hydroxyl groups excluding tert-OH is 1. The highest BCUT2D eigenvalue weighted by molar-refractivity contribution is 7.17. The number of ether oxygens (including phenoxy) is 1. The van der Waals surface area contributed by atoms with Crippen molar-refractivity contribution in [3.63, 3.8) is 0 Å². The van der Waals surface area contributed by atoms with E-state index in [1.807, 2.05) is 80.5 Å². The number of thiazole rings is 1. The first-order chi connectivity index (χ1) is 16.8. The summed E-state index contributed by atoms with van der Waals surface area (Å²) in [4.78, 5) is 35.5. The van der Waals surface area contributed by atoms with Gasteiger partial charge in [-0.3, -0.25) is 9.59 Å². The Balaban J connectivity index is 1.75. The van der Waals surface area contributed by atoms with Crippen LogP contribution in [0.1, 0.15) is 33.9 Å². The summed E-state index contributed by atoms with van der Waals surface area (Å²) < 4.78 is 5.55. The molecule has 0 fully saturated rings. The Morgan fingerprint density at radius 1 is 1.14 bits per heavy atom. The molecule has 1 aliphatic heterocycles. The molecule has 1 N–H and O–H groups in total. The molecule has 0 radical (unpaired) electrons. The van der Waals surface area contributed by atoms with Crippen LogP contribution >= 0.6 is 11.3 Å². The number of amides is 1. The lowest BCUT2D eigenvalue weighted by Gasteiger charge is -2.28. The van der Waals surface area contributed by atoms with Crippen molar-refractivity contribution in [2.45, 2.75) is 19.9 Å². The van der Waals surface area contributed by atoms with Gasteiger partial charge in [0, 0.05) is 18.7 Å². The first-order valence-corrected chi connectivity index (χ1v) is 12.3. The smallest absolute Gasteiger partial charge is 0.290 e. The van der Waals surface area contributed by atoms with Gasteiger partial charge in [-0.2, -0.15) is 0 Å². The largest absolute Gasteiger partial charge is 0.503 e. The van der Waals surface area contributed by atoms with Gasteiger partial charge in [-0.1, -0.05) is 42.5 Å². The van der Waals surface area contributed by atoms with E-state index in [-0.39, 0.29) is 11.4 Å². The zero-order valence-electron chi connectivity index (χ0n) is 20.3. The van der Waals surface area contributed by atoms with Crippen LogP contribution < -0.4 is 4.74 Å². The summed E-state index contributed by atoms with van der Waals surface area (Å²) in [6, 6.07) is 16.2. The Labute approximate surface area is 209 Å². The summed E-state index contributed by atoms with van der Waals surface area (Å²) in [5.74, 6) is -0.715. The number of carbonyl (C=O) groups excluding carboxylic acids is 2. The highest BCUT2D eigenvalue weighted by Gasteiger charge is 2.44. The molecule has 2 aromatic carbocycles. The Morgan fingerprint density at radius 3 is 2.46 bits per heavy atom. The molecule has 1 unspecified atom stereocenters. The number of nitrogens with zero attached hydrogens (tertiary/aromatic N) is 3. The van der Waals surface area contributed by atoms with Gasteiger partial charge in [0.2, 0.25) is 5.78 Å². The van der Waals surface area contributed by atoms with Crippen LogP contribution in [0.25, 0.3) is 10.6 Å². The van der Waals surface area contributed by atoms with E-state index in [1.54, 1.807) is 11.8 Å². The first-order valence-electron chi connectivity index (χ1n) is 11.5. The molecule has 182 valence electrons. The molecule has 35 heavy (non-hydrogen) atoms. The highest BCUT2D eigenvalue weighted by Crippen LogP contribution is 2.41. The fourth-order valence-electron chi connectivity index (χ4n) is 4.12. The van der Waals surface area contributed by atoms with Crippen LogP contribution in [0, 0.1) is 6.92 Å². The fourth-order valence-corrected chi connectivity index (χ4v) is 5.14. The van der Waals surface area contributed by atoms with Gasteiger partial charge in [-0.15, -0.1) is 11.3 Å². The summed E-state index contributed by atoms with van der Waals surface area (Å²) in [6.07, 6.45) is 0. The number of Topliss-reactive ketones (excluding diaryl/α,β-unsaturated/α-hetero) is 1. The minimum absolute atomic E-state index is 0.0873. The molecule has 1 amide bonds. The van der Waals surface area contributed by atoms with E-state index in [2.05, 4.69) is 4.98 Å². The van der Waals surface area contributed by atoms with Gasteiger partial charge in [0.15, 0.2) is 5.76 Å². The van der Waals surface area contributed by atoms with Crippen LogP contribution in [0.3, 0.4) is 0 Å². The minimum atomic E-state index is -0.702. The number of aryl methyl sites for hydroxylation is 1. The minimum Gasteiger partial charge on any atom is -0.503 e. The van der Waals surface area contributed by atoms with Crippen LogP contribution in [0.5, 0.6) is 5.75 Å². The normalized spacial score (nSPS) is 15.9. The van der Waals surface area contributed by atoms with Crippen LogP contribution in [0.2, 0.25) is 0 Å². The fraction of sp³-hybridized carbons (Fsp3) is 0.296. The van der Waals surface area contributed by atoms with Crippen LogP contribution in [-0.2, 0) is 4.79 Å². The maximum absolute atomic E-state index is 13.8. The molecule has 1 aliphatic rings. The number of benzene rings is 2. The van der Waals surface area contributed by atoms with E-state index in [9.17, 15) is 14.7 Å². The Morgan fingerprint density at radius 2 is 1.83 bits per heavy atom. The second-order valence-corrected chi connectivity index (χ2v) is 9.60. The number of ketones is 1. The molecule has 8 heteroatoms. The highest BCUT2D eigenvalue weighted by atomic mass is 32.1. The van der Waals surface area contributed by atoms with E-state index in [1.165, 1.54) is 11.3 Å². The van der Waals surface area contributed by atoms with Crippen molar-refractivity contribution in [1.82, 2.24) is 14.8 Å². The molecule has 1 aromatic heterocycles. The maximum atomic E-state index is 13.8. The number of rotatable bonds is 9. The van der Waals surface area contributed by atoms with Gasteiger partial charge in [-0.05, 0) is 45.6 Å². The lowest BCUT2D eigenvalue weighted by molar-refractivity contribution is -0.129. The molecule has 0 bridgehead atoms. The van der Waals surface area contributed by atoms with Crippen LogP contribution in [0.15, 0.2) is 65.9 Å². The average molecular weight is 492 g/mol. The third-order valence-electron chi connectivity index (χ3n) is 5.87. The zero-order valence-corrected chi connectivity index (χ0v) is 21.1. The molecule has 1 atom stereocenters. The number of hydrogen-bond acceptors (Lipinski definition) is 7. The van der Waals surface area contributed by atoms with Crippen molar-refractivity contribution in [3.05, 3.63) is 82.1 Å². The van der Waals surface area contributed by atoms with E-state index in [4.69, 9.17) is 4.74 Å². The SMILES string of the molecule is CCOc1ccc(C2C(C(=O)c3sc(-c4ccccc4)nc3C)=C(O)C(=O)N2CCN(C)C)cc1. The monoisotopic (exact) mass is 491 g/mol. The number of hydrogen-bond donors (Lipinski definition) is 1. The van der Waals surface area contributed by atoms with Crippen molar-refractivity contribution in [1.29, 1.82) is 0 Å². The Kier molecular flexibility index (Phi) is 7.33. The molecular formula is C27H29N3O4S. The predicted octanol–water partition coefficient (Wildman–Crippen LogP) is 4.66. The molecule has 2 heterocycles. The summed E-state index contributed by atoms with van der Waals surface area (Å²) in [5, 5.41) is 11.6. The molecular weight excluding hydrogens is 462 g/mol. The lowest BCUT2D eigenvalue weighted by atomic mass is 9.95. The second kappa shape index (κ2) is 10.4. The van der Waals surface area contributed by atoms with E-state index in [0.717, 1.165) is 16.1 Å². The third-order valence-corrected chi connectivity index (χ3v) is 7.07. The van der Waals surface area contributed by atoms with Gasteiger partial charge in [0.25, 0.3) is 5.91 Å². The van der Waals surface area contributed by atoms with Crippen LogP contribution in [0.4, 0.5) is 0 Å². The molecule has 0 saturated heterocycles. The second-order valence-electron chi connectivity index (χ2n) is 8.60. The maximum Gasteiger partial charge on any atom is 0.290 e. The summed E-state index contributed by atoms with van der Waals surface area (Å²) in [7, 11) is 3.83. The quantitative estimate of drug-likeness (QED) is 0.439. The number of aliphatic hydroxyl groups is 1. The van der Waals surface area contributed by atoms with Crippen molar-refractivity contribution < 1.29 is 19.4 Å². The molecule has 7 nitrogen and oxygen atoms in total. The molecule has 0 saturated carbocycles. The number of likely N-dealkylation sites (N-methyl/N-ethyl adjacent to an activating group) is 1. The van der Waals surface area contributed by atoms with Gasteiger partial charge >= 0.3 is 0 Å². The van der Waals surface area contributed by atoms with Gasteiger partial charge in [0.05, 0.1) is 28.8 Å². The van der Waals surface area contributed by atoms with Gasteiger partial charge in [-0.25, -0.2) is 4.98 Å². The summed E-state index contributed by atoms with van der Waals surface area (Å²) >= 11 is 1.27. The summed E-state index contributed by atoms with van der Waals surface area (Å²) in [6.45, 7) is 5.17.